The number of nitrogens with zero attached hydrogens (tertiary/aromatic N) is 4. The largest absolute Gasteiger partial charge is 0.303 e. The van der Waals surface area contributed by atoms with Crippen LogP contribution in [0.2, 0.25) is 0 Å². The van der Waals surface area contributed by atoms with Crippen LogP contribution in [-0.2, 0) is 22.0 Å². The summed E-state index contributed by atoms with van der Waals surface area (Å²) in [6.07, 6.45) is 3.17. The number of halogens is 1. The molecule has 1 fully saturated rings. The van der Waals surface area contributed by atoms with Crippen molar-refractivity contribution in [2.24, 2.45) is 5.92 Å². The highest BCUT2D eigenvalue weighted by molar-refractivity contribution is 8.13. The Balaban J connectivity index is 2.16. The molecule has 1 aliphatic rings. The number of rotatable bonds is 6. The Hall–Kier alpha value is -0.660. The molecule has 2 rings (SSSR count). The summed E-state index contributed by atoms with van der Waals surface area (Å²) in [5, 5.41) is 7.64. The first-order valence-electron chi connectivity index (χ1n) is 6.97. The topological polar surface area (TPSA) is 68.1 Å². The maximum atomic E-state index is 11.5. The molecular formula is C12H21ClN4O2S. The Morgan fingerprint density at radius 2 is 1.90 bits per heavy atom. The van der Waals surface area contributed by atoms with E-state index in [-0.39, 0.29) is 5.16 Å². The Kier molecular flexibility index (Phi) is 5.04. The number of aromatic nitrogens is 3. The predicted molar refractivity (Wildman–Crippen MR) is 77.3 cm³/mol. The van der Waals surface area contributed by atoms with E-state index in [2.05, 4.69) is 15.1 Å². The average molecular weight is 321 g/mol. The van der Waals surface area contributed by atoms with E-state index in [0.29, 0.717) is 24.7 Å². The van der Waals surface area contributed by atoms with E-state index in [1.807, 2.05) is 13.8 Å². The molecular weight excluding hydrogens is 300 g/mol. The van der Waals surface area contributed by atoms with Gasteiger partial charge in [0.15, 0.2) is 0 Å². The van der Waals surface area contributed by atoms with E-state index in [0.717, 1.165) is 19.6 Å². The van der Waals surface area contributed by atoms with Crippen molar-refractivity contribution in [3.63, 3.8) is 0 Å². The van der Waals surface area contributed by atoms with Crippen LogP contribution in [0.3, 0.4) is 0 Å². The van der Waals surface area contributed by atoms with Crippen LogP contribution in [0, 0.1) is 5.92 Å². The zero-order chi connectivity index (χ0) is 14.8. The minimum atomic E-state index is -3.85. The van der Waals surface area contributed by atoms with Gasteiger partial charge in [-0.15, -0.1) is 10.2 Å². The van der Waals surface area contributed by atoms with Crippen molar-refractivity contribution < 1.29 is 8.42 Å². The predicted octanol–water partition coefficient (Wildman–Crippen LogP) is 1.50. The summed E-state index contributed by atoms with van der Waals surface area (Å²) in [7, 11) is 1.58. The van der Waals surface area contributed by atoms with Gasteiger partial charge in [0.25, 0.3) is 14.2 Å². The molecule has 8 heteroatoms. The Morgan fingerprint density at radius 1 is 1.25 bits per heavy atom. The van der Waals surface area contributed by atoms with Crippen molar-refractivity contribution in [1.29, 1.82) is 0 Å². The molecule has 1 aromatic heterocycles. The standard InChI is InChI=1S/C12H21ClN4O2S/c1-10(2)9-17-11(5-8-16-6-3-4-7-16)14-15-12(17)20(13,18)19/h10H,3-9H2,1-2H3. The molecule has 1 aliphatic heterocycles. The number of hydrogen-bond acceptors (Lipinski definition) is 5. The lowest BCUT2D eigenvalue weighted by Gasteiger charge is -2.15. The molecule has 6 nitrogen and oxygen atoms in total. The van der Waals surface area contributed by atoms with Gasteiger partial charge in [0.05, 0.1) is 0 Å². The lowest BCUT2D eigenvalue weighted by Crippen LogP contribution is -2.24. The van der Waals surface area contributed by atoms with Crippen LogP contribution in [-0.4, -0.2) is 47.7 Å². The molecule has 0 N–H and O–H groups in total. The molecule has 0 unspecified atom stereocenters. The van der Waals surface area contributed by atoms with Crippen LogP contribution >= 0.6 is 10.7 Å². The van der Waals surface area contributed by atoms with Crippen LogP contribution < -0.4 is 0 Å². The smallest absolute Gasteiger partial charge is 0.296 e. The quantitative estimate of drug-likeness (QED) is 0.743. The van der Waals surface area contributed by atoms with E-state index in [9.17, 15) is 8.42 Å². The van der Waals surface area contributed by atoms with Crippen molar-refractivity contribution in [1.82, 2.24) is 19.7 Å². The fraction of sp³-hybridized carbons (Fsp3) is 0.833. The molecule has 0 aliphatic carbocycles. The summed E-state index contributed by atoms with van der Waals surface area (Å²) in [6.45, 7) is 7.71. The zero-order valence-electron chi connectivity index (χ0n) is 11.9. The molecule has 1 aromatic rings. The monoisotopic (exact) mass is 320 g/mol. The molecule has 0 saturated carbocycles. The third kappa shape index (κ3) is 3.93. The highest BCUT2D eigenvalue weighted by Gasteiger charge is 2.23. The molecule has 0 amide bonds. The highest BCUT2D eigenvalue weighted by atomic mass is 35.7. The highest BCUT2D eigenvalue weighted by Crippen LogP contribution is 2.17. The summed E-state index contributed by atoms with van der Waals surface area (Å²) < 4.78 is 24.7. The van der Waals surface area contributed by atoms with Crippen molar-refractivity contribution in [3.8, 4) is 0 Å². The summed E-state index contributed by atoms with van der Waals surface area (Å²) in [5.74, 6) is 0.999. The van der Waals surface area contributed by atoms with E-state index in [1.54, 1.807) is 4.57 Å². The van der Waals surface area contributed by atoms with E-state index >= 15 is 0 Å². The molecule has 1 saturated heterocycles. The van der Waals surface area contributed by atoms with Gasteiger partial charge in [-0.3, -0.25) is 0 Å². The second-order valence-electron chi connectivity index (χ2n) is 5.64. The minimum absolute atomic E-state index is 0.135. The average Bonchev–Trinajstić information content (AvgIpc) is 2.93. The normalized spacial score (nSPS) is 17.2. The van der Waals surface area contributed by atoms with Crippen molar-refractivity contribution >= 4 is 19.7 Å². The zero-order valence-corrected chi connectivity index (χ0v) is 13.5. The summed E-state index contributed by atoms with van der Waals surface area (Å²) >= 11 is 0. The SMILES string of the molecule is CC(C)Cn1c(CCN2CCCC2)nnc1S(=O)(=O)Cl. The third-order valence-corrected chi connectivity index (χ3v) is 4.56. The van der Waals surface area contributed by atoms with E-state index in [4.69, 9.17) is 10.7 Å². The maximum Gasteiger partial charge on any atom is 0.296 e. The van der Waals surface area contributed by atoms with Gasteiger partial charge in [-0.1, -0.05) is 13.8 Å². The molecule has 0 radical (unpaired) electrons. The van der Waals surface area contributed by atoms with Crippen LogP contribution in [0.5, 0.6) is 0 Å². The molecule has 0 atom stereocenters. The van der Waals surface area contributed by atoms with Gasteiger partial charge in [0.2, 0.25) is 0 Å². The van der Waals surface area contributed by atoms with Gasteiger partial charge in [-0.05, 0) is 31.8 Å². The van der Waals surface area contributed by atoms with Gasteiger partial charge in [-0.2, -0.15) is 0 Å². The fourth-order valence-corrected chi connectivity index (χ4v) is 3.42. The van der Waals surface area contributed by atoms with Crippen molar-refractivity contribution in [2.75, 3.05) is 19.6 Å². The van der Waals surface area contributed by atoms with E-state index < -0.39 is 9.05 Å². The van der Waals surface area contributed by atoms with Crippen LogP contribution in [0.15, 0.2) is 5.16 Å². The first kappa shape index (κ1) is 15.7. The summed E-state index contributed by atoms with van der Waals surface area (Å²) in [4.78, 5) is 2.36. The van der Waals surface area contributed by atoms with Crippen molar-refractivity contribution in [3.05, 3.63) is 5.82 Å². The molecule has 0 bridgehead atoms. The second kappa shape index (κ2) is 6.41. The molecule has 0 spiro atoms. The minimum Gasteiger partial charge on any atom is -0.303 e. The van der Waals surface area contributed by atoms with Gasteiger partial charge in [0.1, 0.15) is 5.82 Å². The van der Waals surface area contributed by atoms with Gasteiger partial charge >= 0.3 is 0 Å². The Bertz CT molecular complexity index is 550. The maximum absolute atomic E-state index is 11.5. The van der Waals surface area contributed by atoms with Crippen LogP contribution in [0.1, 0.15) is 32.5 Å². The van der Waals surface area contributed by atoms with Crippen molar-refractivity contribution in [2.45, 2.75) is 44.8 Å². The third-order valence-electron chi connectivity index (χ3n) is 3.41. The lowest BCUT2D eigenvalue weighted by atomic mass is 10.2. The Morgan fingerprint density at radius 3 is 2.45 bits per heavy atom. The van der Waals surface area contributed by atoms with Gasteiger partial charge in [-0.25, -0.2) is 8.42 Å². The summed E-state index contributed by atoms with van der Waals surface area (Å²) in [5.41, 5.74) is 0. The number of hydrogen-bond donors (Lipinski definition) is 0. The van der Waals surface area contributed by atoms with Gasteiger partial charge < -0.3 is 9.47 Å². The molecule has 114 valence electrons. The fourth-order valence-electron chi connectivity index (χ4n) is 2.50. The second-order valence-corrected chi connectivity index (χ2v) is 8.10. The number of likely N-dealkylation sites (tertiary alicyclic amines) is 1. The van der Waals surface area contributed by atoms with Gasteiger partial charge in [0, 0.05) is 30.2 Å². The van der Waals surface area contributed by atoms with E-state index in [1.165, 1.54) is 12.8 Å². The Labute approximate surface area is 124 Å². The molecule has 2 heterocycles. The molecule has 20 heavy (non-hydrogen) atoms. The lowest BCUT2D eigenvalue weighted by molar-refractivity contribution is 0.336. The van der Waals surface area contributed by atoms with Crippen LogP contribution in [0.25, 0.3) is 0 Å². The first-order chi connectivity index (χ1) is 9.38. The molecule has 0 aromatic carbocycles. The van der Waals surface area contributed by atoms with Crippen LogP contribution in [0.4, 0.5) is 0 Å². The summed E-state index contributed by atoms with van der Waals surface area (Å²) in [6, 6.07) is 0. The first-order valence-corrected chi connectivity index (χ1v) is 9.28.